The van der Waals surface area contributed by atoms with Gasteiger partial charge >= 0.3 is 0 Å². The van der Waals surface area contributed by atoms with Gasteiger partial charge in [-0.05, 0) is 41.8 Å². The van der Waals surface area contributed by atoms with Gasteiger partial charge in [-0.2, -0.15) is 0 Å². The topological polar surface area (TPSA) is 45.3 Å². The standard InChI is InChI=1S/C21H25F2N3O/c22-18-5-1-15(2-6-18)20-16(12-25-26-20)11-24-13-21(9-10-27-14-21)17-3-7-19(23)8-4-17/h1-8,16,20,24-26H,9-14H2. The fourth-order valence-electron chi connectivity index (χ4n) is 4.13. The maximum Gasteiger partial charge on any atom is 0.123 e. The van der Waals surface area contributed by atoms with E-state index < -0.39 is 0 Å². The molecule has 4 nitrogen and oxygen atoms in total. The molecule has 2 aliphatic rings. The summed E-state index contributed by atoms with van der Waals surface area (Å²) in [5, 5.41) is 3.61. The van der Waals surface area contributed by atoms with E-state index >= 15 is 0 Å². The molecule has 2 aromatic rings. The van der Waals surface area contributed by atoms with Crippen molar-refractivity contribution in [3.05, 3.63) is 71.3 Å². The zero-order chi connectivity index (χ0) is 18.7. The zero-order valence-electron chi connectivity index (χ0n) is 15.2. The van der Waals surface area contributed by atoms with Crippen LogP contribution in [0, 0.1) is 17.6 Å². The number of benzene rings is 2. The largest absolute Gasteiger partial charge is 0.380 e. The van der Waals surface area contributed by atoms with E-state index in [1.165, 1.54) is 24.3 Å². The number of hydrogen-bond donors (Lipinski definition) is 3. The summed E-state index contributed by atoms with van der Waals surface area (Å²) in [4.78, 5) is 0. The molecule has 0 amide bonds. The molecule has 6 heteroatoms. The highest BCUT2D eigenvalue weighted by Crippen LogP contribution is 2.33. The van der Waals surface area contributed by atoms with Crippen molar-refractivity contribution in [2.75, 3.05) is 32.8 Å². The lowest BCUT2D eigenvalue weighted by Gasteiger charge is -2.29. The lowest BCUT2D eigenvalue weighted by Crippen LogP contribution is -2.41. The third-order valence-electron chi connectivity index (χ3n) is 5.75. The van der Waals surface area contributed by atoms with Crippen molar-refractivity contribution < 1.29 is 13.5 Å². The van der Waals surface area contributed by atoms with Crippen LogP contribution in [0.25, 0.3) is 0 Å². The van der Waals surface area contributed by atoms with Crippen molar-refractivity contribution in [1.82, 2.24) is 16.2 Å². The van der Waals surface area contributed by atoms with Gasteiger partial charge in [0, 0.05) is 37.6 Å². The Morgan fingerprint density at radius 3 is 2.41 bits per heavy atom. The van der Waals surface area contributed by atoms with Gasteiger partial charge in [0.25, 0.3) is 0 Å². The predicted molar refractivity (Wildman–Crippen MR) is 100 cm³/mol. The van der Waals surface area contributed by atoms with Gasteiger partial charge in [-0.1, -0.05) is 24.3 Å². The summed E-state index contributed by atoms with van der Waals surface area (Å²) in [7, 11) is 0. The van der Waals surface area contributed by atoms with Gasteiger partial charge in [0.15, 0.2) is 0 Å². The van der Waals surface area contributed by atoms with Gasteiger partial charge in [0.1, 0.15) is 11.6 Å². The molecule has 3 unspecified atom stereocenters. The van der Waals surface area contributed by atoms with Gasteiger partial charge in [-0.15, -0.1) is 0 Å². The fourth-order valence-corrected chi connectivity index (χ4v) is 4.13. The van der Waals surface area contributed by atoms with Crippen LogP contribution in [0.4, 0.5) is 8.78 Å². The lowest BCUT2D eigenvalue weighted by molar-refractivity contribution is 0.175. The third-order valence-corrected chi connectivity index (χ3v) is 5.75. The highest BCUT2D eigenvalue weighted by Gasteiger charge is 2.37. The molecule has 2 fully saturated rings. The second kappa shape index (κ2) is 8.02. The number of hydrazine groups is 1. The molecular weight excluding hydrogens is 348 g/mol. The van der Waals surface area contributed by atoms with E-state index in [0.29, 0.717) is 12.5 Å². The quantitative estimate of drug-likeness (QED) is 0.729. The molecule has 0 spiro atoms. The predicted octanol–water partition coefficient (Wildman–Crippen LogP) is 2.68. The van der Waals surface area contributed by atoms with Crippen molar-refractivity contribution >= 4 is 0 Å². The monoisotopic (exact) mass is 373 g/mol. The van der Waals surface area contributed by atoms with Crippen LogP contribution in [-0.2, 0) is 10.2 Å². The van der Waals surface area contributed by atoms with Crippen LogP contribution in [0.5, 0.6) is 0 Å². The molecule has 0 aromatic heterocycles. The van der Waals surface area contributed by atoms with E-state index in [2.05, 4.69) is 16.2 Å². The summed E-state index contributed by atoms with van der Waals surface area (Å²) in [6, 6.07) is 13.6. The van der Waals surface area contributed by atoms with E-state index in [9.17, 15) is 8.78 Å². The van der Waals surface area contributed by atoms with Gasteiger partial charge in [0.2, 0.25) is 0 Å². The Morgan fingerprint density at radius 2 is 1.74 bits per heavy atom. The lowest BCUT2D eigenvalue weighted by atomic mass is 9.79. The first-order valence-corrected chi connectivity index (χ1v) is 9.45. The molecule has 0 aliphatic carbocycles. The molecule has 0 radical (unpaired) electrons. The molecule has 2 saturated heterocycles. The minimum atomic E-state index is -0.221. The van der Waals surface area contributed by atoms with Crippen LogP contribution >= 0.6 is 0 Å². The molecular formula is C21H25F2N3O. The van der Waals surface area contributed by atoms with Crippen LogP contribution in [0.3, 0.4) is 0 Å². The van der Waals surface area contributed by atoms with E-state index in [4.69, 9.17) is 4.74 Å². The van der Waals surface area contributed by atoms with E-state index in [0.717, 1.165) is 43.8 Å². The number of rotatable bonds is 6. The maximum atomic E-state index is 13.3. The Bertz CT molecular complexity index is 745. The molecule has 2 aliphatic heterocycles. The molecule has 0 saturated carbocycles. The van der Waals surface area contributed by atoms with Gasteiger partial charge in [-0.3, -0.25) is 5.43 Å². The van der Waals surface area contributed by atoms with Crippen molar-refractivity contribution in [2.24, 2.45) is 5.92 Å². The second-order valence-electron chi connectivity index (χ2n) is 7.54. The molecule has 4 rings (SSSR count). The SMILES string of the molecule is Fc1ccc(C2NNCC2CNCC2(c3ccc(F)cc3)CCOC2)cc1. The number of ether oxygens (including phenoxy) is 1. The van der Waals surface area contributed by atoms with Crippen molar-refractivity contribution in [3.63, 3.8) is 0 Å². The van der Waals surface area contributed by atoms with Gasteiger partial charge < -0.3 is 10.1 Å². The summed E-state index contributed by atoms with van der Waals surface area (Å²) >= 11 is 0. The summed E-state index contributed by atoms with van der Waals surface area (Å²) in [6.07, 6.45) is 0.925. The number of hydrogen-bond acceptors (Lipinski definition) is 4. The van der Waals surface area contributed by atoms with Crippen molar-refractivity contribution in [1.29, 1.82) is 0 Å². The summed E-state index contributed by atoms with van der Waals surface area (Å²) < 4.78 is 32.2. The molecule has 0 bridgehead atoms. The normalized spacial score (nSPS) is 27.9. The molecule has 3 atom stereocenters. The molecule has 2 heterocycles. The van der Waals surface area contributed by atoms with Gasteiger partial charge in [0.05, 0.1) is 12.6 Å². The molecule has 2 aromatic carbocycles. The highest BCUT2D eigenvalue weighted by atomic mass is 19.1. The average molecular weight is 373 g/mol. The Kier molecular flexibility index (Phi) is 5.50. The maximum absolute atomic E-state index is 13.3. The fraction of sp³-hybridized carbons (Fsp3) is 0.429. The smallest absolute Gasteiger partial charge is 0.123 e. The van der Waals surface area contributed by atoms with Crippen LogP contribution in [0.15, 0.2) is 48.5 Å². The van der Waals surface area contributed by atoms with E-state index in [1.807, 2.05) is 24.3 Å². The van der Waals surface area contributed by atoms with Crippen molar-refractivity contribution in [2.45, 2.75) is 17.9 Å². The Hall–Kier alpha value is -1.86. The zero-order valence-corrected chi connectivity index (χ0v) is 15.2. The molecule has 3 N–H and O–H groups in total. The Morgan fingerprint density at radius 1 is 1.04 bits per heavy atom. The second-order valence-corrected chi connectivity index (χ2v) is 7.54. The van der Waals surface area contributed by atoms with Crippen LogP contribution in [0.1, 0.15) is 23.6 Å². The highest BCUT2D eigenvalue weighted by molar-refractivity contribution is 5.28. The van der Waals surface area contributed by atoms with E-state index in [1.54, 1.807) is 0 Å². The first-order valence-electron chi connectivity index (χ1n) is 9.45. The van der Waals surface area contributed by atoms with Crippen LogP contribution in [0.2, 0.25) is 0 Å². The van der Waals surface area contributed by atoms with Crippen LogP contribution in [-0.4, -0.2) is 32.8 Å². The third kappa shape index (κ3) is 4.04. The minimum absolute atomic E-state index is 0.113. The molecule has 144 valence electrons. The average Bonchev–Trinajstić information content (AvgIpc) is 3.34. The Labute approximate surface area is 158 Å². The minimum Gasteiger partial charge on any atom is -0.380 e. The summed E-state index contributed by atoms with van der Waals surface area (Å²) in [5.74, 6) is -0.0871. The molecule has 27 heavy (non-hydrogen) atoms. The van der Waals surface area contributed by atoms with Crippen LogP contribution < -0.4 is 16.2 Å². The van der Waals surface area contributed by atoms with Gasteiger partial charge in [-0.25, -0.2) is 14.2 Å². The number of halogens is 2. The van der Waals surface area contributed by atoms with Crippen molar-refractivity contribution in [3.8, 4) is 0 Å². The first-order chi connectivity index (χ1) is 13.2. The number of nitrogens with one attached hydrogen (secondary N) is 3. The Balaban J connectivity index is 1.40. The summed E-state index contributed by atoms with van der Waals surface area (Å²) in [5.41, 5.74) is 8.58. The van der Waals surface area contributed by atoms with E-state index in [-0.39, 0.29) is 23.1 Å². The summed E-state index contributed by atoms with van der Waals surface area (Å²) in [6.45, 7) is 3.82. The first kappa shape index (κ1) is 18.5.